The van der Waals surface area contributed by atoms with Crippen LogP contribution in [0, 0.1) is 0 Å². The molecular formula is C10H12N4. The van der Waals surface area contributed by atoms with Crippen LogP contribution in [0.25, 0.3) is 11.4 Å². The van der Waals surface area contributed by atoms with E-state index in [-0.39, 0.29) is 0 Å². The molecule has 0 spiro atoms. The molecule has 0 amide bonds. The van der Waals surface area contributed by atoms with Gasteiger partial charge in [0.05, 0.1) is 6.54 Å². The van der Waals surface area contributed by atoms with Crippen molar-refractivity contribution in [1.29, 1.82) is 0 Å². The minimum Gasteiger partial charge on any atom is -0.324 e. The van der Waals surface area contributed by atoms with Gasteiger partial charge in [-0.05, 0) is 0 Å². The Bertz CT molecular complexity index is 419. The molecule has 0 aliphatic rings. The predicted molar refractivity (Wildman–Crippen MR) is 54.3 cm³/mol. The first-order valence-electron chi connectivity index (χ1n) is 4.46. The van der Waals surface area contributed by atoms with Gasteiger partial charge in [0.2, 0.25) is 0 Å². The van der Waals surface area contributed by atoms with Crippen LogP contribution >= 0.6 is 0 Å². The van der Waals surface area contributed by atoms with Crippen LogP contribution in [0.4, 0.5) is 0 Å². The lowest BCUT2D eigenvalue weighted by Gasteiger charge is -2.01. The first-order chi connectivity index (χ1) is 6.83. The van der Waals surface area contributed by atoms with Crippen LogP contribution in [0.15, 0.2) is 30.3 Å². The van der Waals surface area contributed by atoms with Crippen LogP contribution in [-0.2, 0) is 13.6 Å². The van der Waals surface area contributed by atoms with E-state index in [9.17, 15) is 0 Å². The number of benzene rings is 1. The van der Waals surface area contributed by atoms with E-state index in [1.165, 1.54) is 0 Å². The van der Waals surface area contributed by atoms with Gasteiger partial charge in [0.1, 0.15) is 5.82 Å². The minimum absolute atomic E-state index is 0.413. The monoisotopic (exact) mass is 188 g/mol. The molecule has 0 bridgehead atoms. The zero-order valence-corrected chi connectivity index (χ0v) is 8.01. The van der Waals surface area contributed by atoms with E-state index in [0.717, 1.165) is 17.2 Å². The highest BCUT2D eigenvalue weighted by atomic mass is 15.3. The second-order valence-corrected chi connectivity index (χ2v) is 3.07. The standard InChI is InChI=1S/C10H12N4/c1-14-9(7-11)12-13-10(14)8-5-3-2-4-6-8/h2-6H,7,11H2,1H3. The van der Waals surface area contributed by atoms with Gasteiger partial charge in [0, 0.05) is 12.6 Å². The van der Waals surface area contributed by atoms with Crippen LogP contribution in [0.1, 0.15) is 5.82 Å². The van der Waals surface area contributed by atoms with Gasteiger partial charge >= 0.3 is 0 Å². The molecule has 0 atom stereocenters. The Morgan fingerprint density at radius 3 is 2.50 bits per heavy atom. The third-order valence-corrected chi connectivity index (χ3v) is 2.18. The average Bonchev–Trinajstić information content (AvgIpc) is 2.61. The fourth-order valence-corrected chi connectivity index (χ4v) is 1.38. The number of hydrogen-bond donors (Lipinski definition) is 1. The van der Waals surface area contributed by atoms with E-state index in [0.29, 0.717) is 6.54 Å². The zero-order valence-electron chi connectivity index (χ0n) is 8.01. The predicted octanol–water partition coefficient (Wildman–Crippen LogP) is 0.941. The van der Waals surface area contributed by atoms with Crippen molar-refractivity contribution >= 4 is 0 Å². The largest absolute Gasteiger partial charge is 0.324 e. The Morgan fingerprint density at radius 2 is 1.93 bits per heavy atom. The Morgan fingerprint density at radius 1 is 1.21 bits per heavy atom. The molecule has 4 heteroatoms. The van der Waals surface area contributed by atoms with Crippen LogP contribution in [-0.4, -0.2) is 14.8 Å². The van der Waals surface area contributed by atoms with Crippen molar-refractivity contribution in [3.8, 4) is 11.4 Å². The molecule has 72 valence electrons. The van der Waals surface area contributed by atoms with Crippen molar-refractivity contribution in [1.82, 2.24) is 14.8 Å². The number of nitrogens with two attached hydrogens (primary N) is 1. The van der Waals surface area contributed by atoms with E-state index in [1.54, 1.807) is 0 Å². The maximum atomic E-state index is 5.52. The van der Waals surface area contributed by atoms with Gasteiger partial charge in [0.25, 0.3) is 0 Å². The van der Waals surface area contributed by atoms with Gasteiger partial charge in [-0.25, -0.2) is 0 Å². The maximum absolute atomic E-state index is 5.52. The van der Waals surface area contributed by atoms with Gasteiger partial charge in [-0.1, -0.05) is 30.3 Å². The quantitative estimate of drug-likeness (QED) is 0.763. The normalized spacial score (nSPS) is 10.4. The Balaban J connectivity index is 2.48. The molecule has 2 N–H and O–H groups in total. The highest BCUT2D eigenvalue weighted by molar-refractivity contribution is 5.54. The van der Waals surface area contributed by atoms with E-state index < -0.39 is 0 Å². The lowest BCUT2D eigenvalue weighted by atomic mass is 10.2. The van der Waals surface area contributed by atoms with Gasteiger partial charge in [-0.15, -0.1) is 10.2 Å². The summed E-state index contributed by atoms with van der Waals surface area (Å²) in [4.78, 5) is 0. The molecule has 1 heterocycles. The Kier molecular flexibility index (Phi) is 2.28. The first-order valence-corrected chi connectivity index (χ1v) is 4.46. The topological polar surface area (TPSA) is 56.7 Å². The molecule has 0 radical (unpaired) electrons. The molecular weight excluding hydrogens is 176 g/mol. The number of hydrogen-bond acceptors (Lipinski definition) is 3. The molecule has 2 rings (SSSR count). The van der Waals surface area contributed by atoms with E-state index >= 15 is 0 Å². The highest BCUT2D eigenvalue weighted by Gasteiger charge is 2.07. The molecule has 0 aliphatic carbocycles. The van der Waals surface area contributed by atoms with Crippen molar-refractivity contribution in [3.63, 3.8) is 0 Å². The van der Waals surface area contributed by atoms with Crippen LogP contribution < -0.4 is 5.73 Å². The second-order valence-electron chi connectivity index (χ2n) is 3.07. The van der Waals surface area contributed by atoms with Gasteiger partial charge in [-0.3, -0.25) is 0 Å². The zero-order chi connectivity index (χ0) is 9.97. The van der Waals surface area contributed by atoms with E-state index in [4.69, 9.17) is 5.73 Å². The SMILES string of the molecule is Cn1c(CN)nnc1-c1ccccc1. The molecule has 0 saturated carbocycles. The van der Waals surface area contributed by atoms with E-state index in [1.807, 2.05) is 41.9 Å². The molecule has 2 aromatic rings. The Hall–Kier alpha value is -1.68. The summed E-state index contributed by atoms with van der Waals surface area (Å²) in [5.41, 5.74) is 6.58. The fourth-order valence-electron chi connectivity index (χ4n) is 1.38. The molecule has 4 nitrogen and oxygen atoms in total. The third-order valence-electron chi connectivity index (χ3n) is 2.18. The number of aromatic nitrogens is 3. The smallest absolute Gasteiger partial charge is 0.163 e. The molecule has 1 aromatic heterocycles. The number of nitrogens with zero attached hydrogens (tertiary/aromatic N) is 3. The third kappa shape index (κ3) is 1.40. The molecule has 1 aromatic carbocycles. The molecule has 0 aliphatic heterocycles. The van der Waals surface area contributed by atoms with Crippen molar-refractivity contribution in [2.24, 2.45) is 12.8 Å². The second kappa shape index (κ2) is 3.59. The van der Waals surface area contributed by atoms with Crippen LogP contribution in [0.2, 0.25) is 0 Å². The van der Waals surface area contributed by atoms with E-state index in [2.05, 4.69) is 10.2 Å². The first kappa shape index (κ1) is 8.90. The molecule has 0 saturated heterocycles. The fraction of sp³-hybridized carbons (Fsp3) is 0.200. The van der Waals surface area contributed by atoms with Gasteiger partial charge < -0.3 is 10.3 Å². The van der Waals surface area contributed by atoms with Gasteiger partial charge in [0.15, 0.2) is 5.82 Å². The minimum atomic E-state index is 0.413. The highest BCUT2D eigenvalue weighted by Crippen LogP contribution is 2.15. The molecule has 0 fully saturated rings. The van der Waals surface area contributed by atoms with Crippen LogP contribution in [0.3, 0.4) is 0 Å². The van der Waals surface area contributed by atoms with Gasteiger partial charge in [-0.2, -0.15) is 0 Å². The summed E-state index contributed by atoms with van der Waals surface area (Å²) < 4.78 is 1.91. The lowest BCUT2D eigenvalue weighted by Crippen LogP contribution is -2.05. The van der Waals surface area contributed by atoms with Crippen molar-refractivity contribution in [3.05, 3.63) is 36.2 Å². The van der Waals surface area contributed by atoms with Crippen molar-refractivity contribution in [2.75, 3.05) is 0 Å². The average molecular weight is 188 g/mol. The number of rotatable bonds is 2. The molecule has 0 unspecified atom stereocenters. The summed E-state index contributed by atoms with van der Waals surface area (Å²) in [5.74, 6) is 1.65. The summed E-state index contributed by atoms with van der Waals surface area (Å²) >= 11 is 0. The summed E-state index contributed by atoms with van der Waals surface area (Å²) in [6.07, 6.45) is 0. The summed E-state index contributed by atoms with van der Waals surface area (Å²) in [6.45, 7) is 0.413. The summed E-state index contributed by atoms with van der Waals surface area (Å²) in [5, 5.41) is 8.09. The van der Waals surface area contributed by atoms with Crippen molar-refractivity contribution < 1.29 is 0 Å². The lowest BCUT2D eigenvalue weighted by molar-refractivity contribution is 0.797. The molecule has 14 heavy (non-hydrogen) atoms. The maximum Gasteiger partial charge on any atom is 0.163 e. The van der Waals surface area contributed by atoms with Crippen molar-refractivity contribution in [2.45, 2.75) is 6.54 Å². The Labute approximate surface area is 82.4 Å². The summed E-state index contributed by atoms with van der Waals surface area (Å²) in [6, 6.07) is 9.94. The van der Waals surface area contributed by atoms with Crippen LogP contribution in [0.5, 0.6) is 0 Å². The summed E-state index contributed by atoms with van der Waals surface area (Å²) in [7, 11) is 1.92.